The van der Waals surface area contributed by atoms with Gasteiger partial charge in [0, 0.05) is 24.7 Å². The summed E-state index contributed by atoms with van der Waals surface area (Å²) >= 11 is 0. The monoisotopic (exact) mass is 259 g/mol. The smallest absolute Gasteiger partial charge is 0.137 e. The quantitative estimate of drug-likeness (QED) is 0.815. The third-order valence-electron chi connectivity index (χ3n) is 3.32. The maximum Gasteiger partial charge on any atom is 0.137 e. The third kappa shape index (κ3) is 3.34. The molecule has 1 aromatic rings. The molecule has 0 bridgehead atoms. The summed E-state index contributed by atoms with van der Waals surface area (Å²) in [6, 6.07) is 2.77. The summed E-state index contributed by atoms with van der Waals surface area (Å²) in [5.41, 5.74) is 1.08. The van der Waals surface area contributed by atoms with E-state index in [1.165, 1.54) is 12.8 Å². The molecule has 0 aromatic carbocycles. The van der Waals surface area contributed by atoms with Gasteiger partial charge in [-0.1, -0.05) is 6.92 Å². The molecule has 1 heterocycles. The highest BCUT2D eigenvalue weighted by Crippen LogP contribution is 2.33. The molecule has 0 spiro atoms. The van der Waals surface area contributed by atoms with Crippen molar-refractivity contribution >= 4 is 11.6 Å². The number of anilines is 2. The van der Waals surface area contributed by atoms with Crippen molar-refractivity contribution in [1.29, 1.82) is 5.26 Å². The maximum atomic E-state index is 8.78. The number of nitrogens with one attached hydrogen (secondary N) is 1. The largest absolute Gasteiger partial charge is 0.370 e. The van der Waals surface area contributed by atoms with Crippen molar-refractivity contribution < 1.29 is 0 Å². The Bertz CT molecular complexity index is 461. The molecule has 1 aliphatic rings. The summed E-state index contributed by atoms with van der Waals surface area (Å²) < 4.78 is 0. The Morgan fingerprint density at radius 1 is 1.47 bits per heavy atom. The summed E-state index contributed by atoms with van der Waals surface area (Å²) in [6.07, 6.45) is 5.62. The Morgan fingerprint density at radius 2 is 2.26 bits per heavy atom. The van der Waals surface area contributed by atoms with Crippen LogP contribution in [0.15, 0.2) is 6.33 Å². The molecule has 0 aliphatic heterocycles. The van der Waals surface area contributed by atoms with Gasteiger partial charge in [0.2, 0.25) is 0 Å². The number of hydrogen-bond donors (Lipinski definition) is 1. The second-order valence-corrected chi connectivity index (χ2v) is 4.93. The highest BCUT2D eigenvalue weighted by molar-refractivity contribution is 5.59. The second-order valence-electron chi connectivity index (χ2n) is 4.93. The van der Waals surface area contributed by atoms with Crippen LogP contribution in [0.1, 0.15) is 38.2 Å². The van der Waals surface area contributed by atoms with Gasteiger partial charge in [-0.05, 0) is 26.2 Å². The van der Waals surface area contributed by atoms with Gasteiger partial charge in [0.1, 0.15) is 18.0 Å². The summed E-state index contributed by atoms with van der Waals surface area (Å²) in [6.45, 7) is 5.86. The Kier molecular flexibility index (Phi) is 4.56. The predicted molar refractivity (Wildman–Crippen MR) is 76.1 cm³/mol. The van der Waals surface area contributed by atoms with Crippen molar-refractivity contribution in [2.45, 2.75) is 45.6 Å². The molecule has 5 heteroatoms. The lowest BCUT2D eigenvalue weighted by atomic mass is 10.2. The molecular weight excluding hydrogens is 238 g/mol. The molecular formula is C14H21N5. The molecule has 19 heavy (non-hydrogen) atoms. The molecule has 1 aromatic heterocycles. The van der Waals surface area contributed by atoms with Crippen molar-refractivity contribution in [2.75, 3.05) is 23.3 Å². The van der Waals surface area contributed by atoms with Crippen LogP contribution in [0.4, 0.5) is 11.6 Å². The fourth-order valence-electron chi connectivity index (χ4n) is 2.17. The molecule has 1 aliphatic carbocycles. The first-order valence-electron chi connectivity index (χ1n) is 6.97. The van der Waals surface area contributed by atoms with E-state index in [9.17, 15) is 0 Å². The standard InChI is InChI=1S/C14H21N5/c1-3-8-16-13-11(2)14(18-10-17-13)19(9-4-7-15)12-5-6-12/h10,12H,3-6,8-9H2,1-2H3,(H,16,17,18). The van der Waals surface area contributed by atoms with E-state index in [1.54, 1.807) is 6.33 Å². The van der Waals surface area contributed by atoms with E-state index in [4.69, 9.17) is 5.26 Å². The Labute approximate surface area is 114 Å². The van der Waals surface area contributed by atoms with Gasteiger partial charge in [0.15, 0.2) is 0 Å². The molecule has 0 atom stereocenters. The molecule has 0 saturated heterocycles. The van der Waals surface area contributed by atoms with Crippen molar-refractivity contribution in [3.05, 3.63) is 11.9 Å². The average molecular weight is 259 g/mol. The highest BCUT2D eigenvalue weighted by atomic mass is 15.2. The average Bonchev–Trinajstić information content (AvgIpc) is 3.24. The first kappa shape index (κ1) is 13.6. The van der Waals surface area contributed by atoms with E-state index in [-0.39, 0.29) is 0 Å². The number of nitriles is 1. The molecule has 0 radical (unpaired) electrons. The summed E-state index contributed by atoms with van der Waals surface area (Å²) in [7, 11) is 0. The highest BCUT2D eigenvalue weighted by Gasteiger charge is 2.31. The van der Waals surface area contributed by atoms with Crippen LogP contribution >= 0.6 is 0 Å². The Hall–Kier alpha value is -1.83. The van der Waals surface area contributed by atoms with Crippen LogP contribution in [0.5, 0.6) is 0 Å². The van der Waals surface area contributed by atoms with E-state index in [2.05, 4.69) is 40.1 Å². The van der Waals surface area contributed by atoms with Crippen LogP contribution in [0, 0.1) is 18.3 Å². The number of hydrogen-bond acceptors (Lipinski definition) is 5. The Balaban J connectivity index is 2.19. The van der Waals surface area contributed by atoms with Crippen LogP contribution in [-0.4, -0.2) is 29.1 Å². The summed E-state index contributed by atoms with van der Waals surface area (Å²) in [4.78, 5) is 11.0. The van der Waals surface area contributed by atoms with Gasteiger partial charge >= 0.3 is 0 Å². The number of aromatic nitrogens is 2. The maximum absolute atomic E-state index is 8.78. The third-order valence-corrected chi connectivity index (χ3v) is 3.32. The minimum absolute atomic E-state index is 0.539. The predicted octanol–water partition coefficient (Wildman–Crippen LogP) is 2.49. The lowest BCUT2D eigenvalue weighted by Gasteiger charge is -2.24. The van der Waals surface area contributed by atoms with Crippen molar-refractivity contribution in [2.24, 2.45) is 0 Å². The van der Waals surface area contributed by atoms with Crippen molar-refractivity contribution in [3.8, 4) is 6.07 Å². The van der Waals surface area contributed by atoms with Crippen LogP contribution in [0.3, 0.4) is 0 Å². The van der Waals surface area contributed by atoms with Crippen LogP contribution in [0.25, 0.3) is 0 Å². The van der Waals surface area contributed by atoms with E-state index < -0.39 is 0 Å². The van der Waals surface area contributed by atoms with Gasteiger partial charge in [0.05, 0.1) is 12.5 Å². The zero-order valence-corrected chi connectivity index (χ0v) is 11.7. The lowest BCUT2D eigenvalue weighted by molar-refractivity contribution is 0.770. The van der Waals surface area contributed by atoms with Gasteiger partial charge in [0.25, 0.3) is 0 Å². The van der Waals surface area contributed by atoms with E-state index >= 15 is 0 Å². The zero-order valence-electron chi connectivity index (χ0n) is 11.7. The SMILES string of the molecule is CCCNc1ncnc(N(CCC#N)C2CC2)c1C. The molecule has 102 valence electrons. The van der Waals surface area contributed by atoms with E-state index in [0.29, 0.717) is 12.5 Å². The molecule has 1 fully saturated rings. The molecule has 0 amide bonds. The van der Waals surface area contributed by atoms with Gasteiger partial charge in [-0.3, -0.25) is 0 Å². The molecule has 1 N–H and O–H groups in total. The second kappa shape index (κ2) is 6.37. The van der Waals surface area contributed by atoms with E-state index in [0.717, 1.165) is 36.7 Å². The summed E-state index contributed by atoms with van der Waals surface area (Å²) in [5.74, 6) is 1.89. The van der Waals surface area contributed by atoms with Gasteiger partial charge < -0.3 is 10.2 Å². The number of rotatable bonds is 7. The first-order chi connectivity index (χ1) is 9.27. The summed E-state index contributed by atoms with van der Waals surface area (Å²) in [5, 5.41) is 12.1. The lowest BCUT2D eigenvalue weighted by Crippen LogP contribution is -2.28. The normalized spacial score (nSPS) is 13.9. The molecule has 0 unspecified atom stereocenters. The topological polar surface area (TPSA) is 64.8 Å². The number of nitrogens with zero attached hydrogens (tertiary/aromatic N) is 4. The van der Waals surface area contributed by atoms with Gasteiger partial charge in [-0.2, -0.15) is 5.26 Å². The fraction of sp³-hybridized carbons (Fsp3) is 0.643. The van der Waals surface area contributed by atoms with E-state index in [1.807, 2.05) is 0 Å². The minimum atomic E-state index is 0.539. The Morgan fingerprint density at radius 3 is 2.89 bits per heavy atom. The van der Waals surface area contributed by atoms with Gasteiger partial charge in [-0.25, -0.2) is 9.97 Å². The van der Waals surface area contributed by atoms with Crippen LogP contribution in [0.2, 0.25) is 0 Å². The minimum Gasteiger partial charge on any atom is -0.370 e. The van der Waals surface area contributed by atoms with Crippen molar-refractivity contribution in [3.63, 3.8) is 0 Å². The molecule has 2 rings (SSSR count). The van der Waals surface area contributed by atoms with Gasteiger partial charge in [-0.15, -0.1) is 0 Å². The fourth-order valence-corrected chi connectivity index (χ4v) is 2.17. The molecule has 5 nitrogen and oxygen atoms in total. The zero-order chi connectivity index (χ0) is 13.7. The van der Waals surface area contributed by atoms with Crippen molar-refractivity contribution in [1.82, 2.24) is 9.97 Å². The van der Waals surface area contributed by atoms with Crippen LogP contribution < -0.4 is 10.2 Å². The van der Waals surface area contributed by atoms with Crippen LogP contribution in [-0.2, 0) is 0 Å². The molecule has 1 saturated carbocycles. The first-order valence-corrected chi connectivity index (χ1v) is 6.97.